The van der Waals surface area contributed by atoms with E-state index in [1.54, 1.807) is 4.80 Å². The number of alkyl halides is 7. The van der Waals surface area contributed by atoms with Crippen molar-refractivity contribution in [2.75, 3.05) is 6.61 Å². The SMILES string of the molecule is CC(C)(C[C@]1(c2ccc(-c3cnn(C4CC4)n3)cc2)N=C(NC(=O)O)N([C@H](COC(=O)NC2(C(F)F)CC2)c2ccc(Cl)c(-c3ncnn3C(F)F)c2)C1=O)C(F)(F)F. The van der Waals surface area contributed by atoms with Crippen LogP contribution in [0.2, 0.25) is 5.02 Å². The highest BCUT2D eigenvalue weighted by Gasteiger charge is 2.60. The van der Waals surface area contributed by atoms with Gasteiger partial charge in [0, 0.05) is 11.1 Å². The molecule has 314 valence electrons. The van der Waals surface area contributed by atoms with Crippen LogP contribution in [0.4, 0.5) is 40.3 Å². The fourth-order valence-electron chi connectivity index (χ4n) is 6.76. The molecule has 15 nitrogen and oxygen atoms in total. The number of ether oxygens (including phenoxy) is 1. The van der Waals surface area contributed by atoms with Crippen LogP contribution < -0.4 is 10.6 Å². The Kier molecular flexibility index (Phi) is 10.6. The minimum Gasteiger partial charge on any atom is -0.465 e. The number of aliphatic imine (C=N–C) groups is 1. The number of amides is 3. The van der Waals surface area contributed by atoms with Crippen LogP contribution in [0.1, 0.15) is 75.7 Å². The van der Waals surface area contributed by atoms with Gasteiger partial charge in [-0.3, -0.25) is 15.0 Å². The van der Waals surface area contributed by atoms with Gasteiger partial charge in [0.2, 0.25) is 5.96 Å². The first-order valence-corrected chi connectivity index (χ1v) is 18.4. The molecule has 59 heavy (non-hydrogen) atoms. The number of nitrogens with one attached hydrogen (secondary N) is 2. The van der Waals surface area contributed by atoms with E-state index >= 15 is 4.79 Å². The van der Waals surface area contributed by atoms with Crippen molar-refractivity contribution < 1.29 is 55.0 Å². The number of hydrogen-bond donors (Lipinski definition) is 3. The molecule has 0 spiro atoms. The first kappa shape index (κ1) is 41.4. The van der Waals surface area contributed by atoms with E-state index in [0.717, 1.165) is 39.1 Å². The number of rotatable bonds is 13. The largest absolute Gasteiger partial charge is 0.465 e. The lowest BCUT2D eigenvalue weighted by atomic mass is 9.74. The molecule has 3 amide bonds. The number of aromatic nitrogens is 6. The lowest BCUT2D eigenvalue weighted by Gasteiger charge is -2.37. The number of halogens is 8. The molecule has 2 saturated carbocycles. The Labute approximate surface area is 334 Å². The van der Waals surface area contributed by atoms with E-state index in [-0.39, 0.29) is 45.3 Å². The highest BCUT2D eigenvalue weighted by molar-refractivity contribution is 6.33. The number of nitrogens with zero attached hydrogens (tertiary/aromatic N) is 8. The van der Waals surface area contributed by atoms with Crippen molar-refractivity contribution >= 4 is 35.7 Å². The highest BCUT2D eigenvalue weighted by Crippen LogP contribution is 2.51. The number of guanidine groups is 1. The summed E-state index contributed by atoms with van der Waals surface area (Å²) in [5.74, 6) is -2.48. The van der Waals surface area contributed by atoms with E-state index in [9.17, 15) is 45.4 Å². The normalized spacial score (nSPS) is 19.6. The number of benzene rings is 2. The molecule has 2 aliphatic carbocycles. The minimum absolute atomic E-state index is 0.0757. The van der Waals surface area contributed by atoms with Gasteiger partial charge in [-0.2, -0.15) is 46.7 Å². The third-order valence-electron chi connectivity index (χ3n) is 10.4. The van der Waals surface area contributed by atoms with Crippen LogP contribution in [0, 0.1) is 5.41 Å². The molecule has 7 rings (SSSR count). The quantitative estimate of drug-likeness (QED) is 0.115. The first-order valence-electron chi connectivity index (χ1n) is 18.0. The summed E-state index contributed by atoms with van der Waals surface area (Å²) in [7, 11) is 0. The van der Waals surface area contributed by atoms with Crippen molar-refractivity contribution in [3.63, 3.8) is 0 Å². The van der Waals surface area contributed by atoms with Gasteiger partial charge in [0.1, 0.15) is 24.2 Å². The Morgan fingerprint density at radius 3 is 2.34 bits per heavy atom. The molecule has 2 fully saturated rings. The molecule has 3 heterocycles. The summed E-state index contributed by atoms with van der Waals surface area (Å²) in [5.41, 5.74) is -6.53. The monoisotopic (exact) mass is 854 g/mol. The van der Waals surface area contributed by atoms with Crippen molar-refractivity contribution in [1.29, 1.82) is 0 Å². The van der Waals surface area contributed by atoms with Crippen LogP contribution in [0.25, 0.3) is 22.6 Å². The Bertz CT molecular complexity index is 2290. The zero-order valence-electron chi connectivity index (χ0n) is 30.9. The van der Waals surface area contributed by atoms with Crippen molar-refractivity contribution in [1.82, 2.24) is 45.3 Å². The molecule has 2 atom stereocenters. The summed E-state index contributed by atoms with van der Waals surface area (Å²) >= 11 is 6.41. The number of alkyl carbamates (subject to hydrolysis) is 1. The van der Waals surface area contributed by atoms with Crippen LogP contribution in [0.5, 0.6) is 0 Å². The zero-order chi connectivity index (χ0) is 42.7. The third-order valence-corrected chi connectivity index (χ3v) is 10.8. The minimum atomic E-state index is -4.93. The van der Waals surface area contributed by atoms with Gasteiger partial charge in [0.15, 0.2) is 11.4 Å². The summed E-state index contributed by atoms with van der Waals surface area (Å²) in [6.45, 7) is -2.48. The molecule has 2 aromatic heterocycles. The Morgan fingerprint density at radius 2 is 1.75 bits per heavy atom. The standard InChI is InChI=1S/C36H34ClF7N10O5/c1-33(2,36(42,43)44)16-35(20-6-3-18(4-7-20)24-14-46-54(51-24)21-8-9-21)28(55)52(30(49-35)48-31(56)57)25(15-59-32(58)50-34(11-12-34)27(38)39)19-5-10-23(37)22(13-19)26-45-17-47-53(26)29(40)41/h3-7,10,13-14,17,21,25,27,29H,8-9,11-12,15-16H2,1-2H3,(H,48,49)(H,50,58)(H,56,57)/t25-,35-/m1/s1. The van der Waals surface area contributed by atoms with Gasteiger partial charge in [-0.25, -0.2) is 28.3 Å². The molecule has 3 aliphatic rings. The maximum absolute atomic E-state index is 15.2. The average molecular weight is 855 g/mol. The van der Waals surface area contributed by atoms with Crippen LogP contribution in [-0.2, 0) is 15.1 Å². The average Bonchev–Trinajstić information content (AvgIpc) is 4.03. The lowest BCUT2D eigenvalue weighted by molar-refractivity contribution is -0.218. The smallest absolute Gasteiger partial charge is 0.411 e. The van der Waals surface area contributed by atoms with E-state index in [4.69, 9.17) is 16.3 Å². The molecule has 2 aromatic carbocycles. The fraction of sp³-hybridized carbons (Fsp3) is 0.444. The number of carboxylic acid groups (broad SMARTS) is 1. The second kappa shape index (κ2) is 15.1. The summed E-state index contributed by atoms with van der Waals surface area (Å²) in [4.78, 5) is 50.8. The second-order valence-electron chi connectivity index (χ2n) is 15.1. The van der Waals surface area contributed by atoms with Gasteiger partial charge in [0.25, 0.3) is 12.3 Å². The molecule has 0 bridgehead atoms. The number of carbonyl (C=O) groups is 3. The Morgan fingerprint density at radius 1 is 1.05 bits per heavy atom. The van der Waals surface area contributed by atoms with Crippen LogP contribution in [-0.4, -0.2) is 88.6 Å². The maximum atomic E-state index is 15.2. The summed E-state index contributed by atoms with van der Waals surface area (Å²) in [6, 6.07) is 7.68. The summed E-state index contributed by atoms with van der Waals surface area (Å²) in [5, 5.41) is 26.0. The molecule has 0 saturated heterocycles. The van der Waals surface area contributed by atoms with E-state index in [0.29, 0.717) is 16.2 Å². The highest BCUT2D eigenvalue weighted by atomic mass is 35.5. The first-order chi connectivity index (χ1) is 27.7. The maximum Gasteiger partial charge on any atom is 0.411 e. The molecule has 0 unspecified atom stereocenters. The fourth-order valence-corrected chi connectivity index (χ4v) is 6.96. The van der Waals surface area contributed by atoms with E-state index in [1.807, 2.05) is 5.32 Å². The van der Waals surface area contributed by atoms with Crippen molar-refractivity contribution in [2.24, 2.45) is 10.4 Å². The number of hydrogen-bond acceptors (Lipinski definition) is 9. The molecular formula is C36H34ClF7N10O5. The summed E-state index contributed by atoms with van der Waals surface area (Å²) < 4.78 is 105. The molecule has 3 N–H and O–H groups in total. The molecule has 4 aromatic rings. The third kappa shape index (κ3) is 8.00. The van der Waals surface area contributed by atoms with E-state index in [1.165, 1.54) is 42.6 Å². The predicted molar refractivity (Wildman–Crippen MR) is 192 cm³/mol. The van der Waals surface area contributed by atoms with Gasteiger partial charge < -0.3 is 15.2 Å². The van der Waals surface area contributed by atoms with Crippen LogP contribution >= 0.6 is 11.6 Å². The Hall–Kier alpha value is -5.80. The van der Waals surface area contributed by atoms with E-state index < -0.39 is 84.6 Å². The molecular weight excluding hydrogens is 821 g/mol. The van der Waals surface area contributed by atoms with Crippen LogP contribution in [0.3, 0.4) is 0 Å². The molecule has 23 heteroatoms. The van der Waals surface area contributed by atoms with Gasteiger partial charge >= 0.3 is 24.9 Å². The zero-order valence-corrected chi connectivity index (χ0v) is 31.7. The van der Waals surface area contributed by atoms with Gasteiger partial charge in [-0.1, -0.05) is 55.8 Å². The lowest BCUT2D eigenvalue weighted by Crippen LogP contribution is -2.51. The van der Waals surface area contributed by atoms with Gasteiger partial charge in [0.05, 0.1) is 28.7 Å². The van der Waals surface area contributed by atoms with Crippen molar-refractivity contribution in [2.45, 2.75) is 88.3 Å². The predicted octanol–water partition coefficient (Wildman–Crippen LogP) is 7.49. The van der Waals surface area contributed by atoms with Crippen LogP contribution in [0.15, 0.2) is 60.0 Å². The summed E-state index contributed by atoms with van der Waals surface area (Å²) in [6.07, 6.45) is -8.17. The topological polar surface area (TPSA) is 182 Å². The number of carbonyl (C=O) groups excluding carboxylic acids is 2. The Balaban J connectivity index is 1.35. The molecule has 1 aliphatic heterocycles. The molecule has 0 radical (unpaired) electrons. The van der Waals surface area contributed by atoms with Gasteiger partial charge in [-0.15, -0.1) is 0 Å². The van der Waals surface area contributed by atoms with Gasteiger partial charge in [-0.05, 0) is 55.4 Å². The van der Waals surface area contributed by atoms with E-state index in [2.05, 4.69) is 30.6 Å². The van der Waals surface area contributed by atoms with Crippen molar-refractivity contribution in [3.8, 4) is 22.6 Å². The van der Waals surface area contributed by atoms with Crippen molar-refractivity contribution in [3.05, 3.63) is 71.1 Å². The second-order valence-corrected chi connectivity index (χ2v) is 15.5.